The van der Waals surface area contributed by atoms with Crippen LogP contribution in [0.15, 0.2) is 97.1 Å². The van der Waals surface area contributed by atoms with Gasteiger partial charge in [0.15, 0.2) is 0 Å². The van der Waals surface area contributed by atoms with Gasteiger partial charge in [0.05, 0.1) is 21.2 Å². The zero-order valence-electron chi connectivity index (χ0n) is 24.4. The standard InChI is InChI=1S/C33H25Cl2N3O9/c1-18-7-6-8-20(17-18)28(39)36-21-15-13-19(14-16-21)29(40)37-38-30(41)26(46-32(44)22-9-2-4-11-24(22)34)27(31(42)43)47-33(45)23-10-3-5-12-25(23)35/h2-17,26-27H,1H3,(H,36,39)(H,37,40)(H,38,41)(H,42,43)/t26-,27+/m0/s1. The van der Waals surface area contributed by atoms with Crippen molar-refractivity contribution in [2.45, 2.75) is 19.1 Å². The normalized spacial score (nSPS) is 11.7. The quantitative estimate of drug-likeness (QED) is 0.135. The van der Waals surface area contributed by atoms with Gasteiger partial charge in [-0.3, -0.25) is 25.2 Å². The van der Waals surface area contributed by atoms with Crippen LogP contribution in [0.5, 0.6) is 0 Å². The number of nitrogens with one attached hydrogen (secondary N) is 3. The fourth-order valence-corrected chi connectivity index (χ4v) is 4.49. The van der Waals surface area contributed by atoms with Gasteiger partial charge in [0, 0.05) is 16.8 Å². The summed E-state index contributed by atoms with van der Waals surface area (Å²) in [6.07, 6.45) is -4.71. The number of benzene rings is 4. The maximum atomic E-state index is 13.2. The van der Waals surface area contributed by atoms with Crippen molar-refractivity contribution in [3.63, 3.8) is 0 Å². The number of hydrazine groups is 1. The van der Waals surface area contributed by atoms with Crippen LogP contribution in [0.4, 0.5) is 5.69 Å². The highest BCUT2D eigenvalue weighted by Gasteiger charge is 2.41. The van der Waals surface area contributed by atoms with E-state index in [1.165, 1.54) is 72.8 Å². The summed E-state index contributed by atoms with van der Waals surface area (Å²) in [4.78, 5) is 76.5. The topological polar surface area (TPSA) is 177 Å². The molecule has 0 fully saturated rings. The molecule has 0 aromatic heterocycles. The third-order valence-corrected chi connectivity index (χ3v) is 7.08. The first-order chi connectivity index (χ1) is 22.4. The maximum absolute atomic E-state index is 13.2. The molecule has 0 saturated heterocycles. The van der Waals surface area contributed by atoms with Gasteiger partial charge in [0.2, 0.25) is 12.2 Å². The van der Waals surface area contributed by atoms with Crippen molar-refractivity contribution in [2.75, 3.05) is 5.32 Å². The van der Waals surface area contributed by atoms with Gasteiger partial charge in [-0.25, -0.2) is 14.4 Å². The lowest BCUT2D eigenvalue weighted by Crippen LogP contribution is -2.54. The molecule has 0 heterocycles. The van der Waals surface area contributed by atoms with Gasteiger partial charge in [-0.15, -0.1) is 0 Å². The van der Waals surface area contributed by atoms with Gasteiger partial charge in [0.25, 0.3) is 17.7 Å². The first kappa shape index (κ1) is 34.2. The molecule has 0 aliphatic carbocycles. The van der Waals surface area contributed by atoms with Crippen LogP contribution in [-0.4, -0.2) is 52.9 Å². The van der Waals surface area contributed by atoms with Gasteiger partial charge in [-0.1, -0.05) is 65.2 Å². The predicted molar refractivity (Wildman–Crippen MR) is 170 cm³/mol. The lowest BCUT2D eigenvalue weighted by atomic mass is 10.1. The van der Waals surface area contributed by atoms with Gasteiger partial charge in [0.1, 0.15) is 0 Å². The van der Waals surface area contributed by atoms with Crippen molar-refractivity contribution < 1.29 is 43.3 Å². The molecule has 3 amide bonds. The first-order valence-electron chi connectivity index (χ1n) is 13.7. The van der Waals surface area contributed by atoms with Gasteiger partial charge >= 0.3 is 17.9 Å². The van der Waals surface area contributed by atoms with Crippen molar-refractivity contribution >= 4 is 64.5 Å². The molecule has 0 spiro atoms. The van der Waals surface area contributed by atoms with Gasteiger partial charge in [-0.05, 0) is 67.6 Å². The zero-order valence-corrected chi connectivity index (χ0v) is 25.9. The Kier molecular flexibility index (Phi) is 11.3. The molecule has 0 bridgehead atoms. The van der Waals surface area contributed by atoms with Crippen LogP contribution < -0.4 is 16.2 Å². The van der Waals surface area contributed by atoms with Crippen LogP contribution in [0.2, 0.25) is 10.0 Å². The van der Waals surface area contributed by atoms with Crippen LogP contribution >= 0.6 is 23.2 Å². The number of carbonyl (C=O) groups is 6. The molecule has 0 unspecified atom stereocenters. The second-order valence-electron chi connectivity index (χ2n) is 9.79. The monoisotopic (exact) mass is 677 g/mol. The third-order valence-electron chi connectivity index (χ3n) is 6.42. The fourth-order valence-electron chi connectivity index (χ4n) is 4.06. The average molecular weight is 678 g/mol. The smallest absolute Gasteiger partial charge is 0.349 e. The Morgan fingerprint density at radius 3 is 1.72 bits per heavy atom. The summed E-state index contributed by atoms with van der Waals surface area (Å²) < 4.78 is 10.2. The SMILES string of the molecule is Cc1cccc(C(=O)Nc2ccc(C(=O)NNC(=O)[C@@H](OC(=O)c3ccccc3Cl)[C@@H](OC(=O)c3ccccc3Cl)C(=O)O)cc2)c1. The summed E-state index contributed by atoms with van der Waals surface area (Å²) in [7, 11) is 0. The summed E-state index contributed by atoms with van der Waals surface area (Å²) in [6.45, 7) is 1.85. The highest BCUT2D eigenvalue weighted by molar-refractivity contribution is 6.34. The molecule has 4 aromatic carbocycles. The van der Waals surface area contributed by atoms with Crippen molar-refractivity contribution in [3.05, 3.63) is 135 Å². The van der Waals surface area contributed by atoms with E-state index in [1.807, 2.05) is 18.4 Å². The molecule has 0 aliphatic heterocycles. The van der Waals surface area contributed by atoms with E-state index >= 15 is 0 Å². The number of carbonyl (C=O) groups excluding carboxylic acids is 5. The number of anilines is 1. The Hall–Kier alpha value is -5.72. The molecule has 240 valence electrons. The first-order valence-corrected chi connectivity index (χ1v) is 14.4. The number of esters is 2. The molecule has 4 aromatic rings. The highest BCUT2D eigenvalue weighted by Crippen LogP contribution is 2.21. The zero-order chi connectivity index (χ0) is 34.1. The van der Waals surface area contributed by atoms with Crippen LogP contribution in [-0.2, 0) is 19.1 Å². The summed E-state index contributed by atoms with van der Waals surface area (Å²) in [5.41, 5.74) is 5.40. The number of hydrogen-bond acceptors (Lipinski definition) is 8. The number of hydrogen-bond donors (Lipinski definition) is 4. The number of halogens is 2. The molecule has 14 heteroatoms. The number of ether oxygens (including phenoxy) is 2. The number of carboxylic acids is 1. The molecule has 4 rings (SSSR count). The van der Waals surface area contributed by atoms with E-state index < -0.39 is 41.9 Å². The minimum atomic E-state index is -2.39. The van der Waals surface area contributed by atoms with Crippen LogP contribution in [0, 0.1) is 6.92 Å². The molecule has 4 N–H and O–H groups in total. The predicted octanol–water partition coefficient (Wildman–Crippen LogP) is 4.85. The molecule has 0 radical (unpaired) electrons. The Bertz CT molecular complexity index is 1850. The van der Waals surface area contributed by atoms with Crippen molar-refractivity contribution in [3.8, 4) is 0 Å². The fraction of sp³-hybridized carbons (Fsp3) is 0.0909. The second kappa shape index (κ2) is 15.5. The molecular formula is C33H25Cl2N3O9. The Morgan fingerprint density at radius 1 is 0.638 bits per heavy atom. The Labute approximate surface area is 277 Å². The number of carboxylic acid groups (broad SMARTS) is 1. The second-order valence-corrected chi connectivity index (χ2v) is 10.6. The molecule has 0 saturated carbocycles. The maximum Gasteiger partial charge on any atom is 0.349 e. The summed E-state index contributed by atoms with van der Waals surface area (Å²) in [5, 5.41) is 12.5. The van der Waals surface area contributed by atoms with Crippen LogP contribution in [0.1, 0.15) is 47.0 Å². The van der Waals surface area contributed by atoms with Crippen LogP contribution in [0.3, 0.4) is 0 Å². The molecule has 2 atom stereocenters. The summed E-state index contributed by atoms with van der Waals surface area (Å²) >= 11 is 12.1. The molecule has 12 nitrogen and oxygen atoms in total. The van der Waals surface area contributed by atoms with E-state index in [9.17, 15) is 33.9 Å². The molecule has 47 heavy (non-hydrogen) atoms. The highest BCUT2D eigenvalue weighted by atomic mass is 35.5. The summed E-state index contributed by atoms with van der Waals surface area (Å²) in [5.74, 6) is -6.88. The number of rotatable bonds is 10. The lowest BCUT2D eigenvalue weighted by Gasteiger charge is -2.24. The van der Waals surface area contributed by atoms with E-state index in [0.717, 1.165) is 5.56 Å². The Balaban J connectivity index is 1.49. The van der Waals surface area contributed by atoms with E-state index in [4.69, 9.17) is 32.7 Å². The van der Waals surface area contributed by atoms with E-state index in [2.05, 4.69) is 10.7 Å². The van der Waals surface area contributed by atoms with Crippen molar-refractivity contribution in [1.29, 1.82) is 0 Å². The Morgan fingerprint density at radius 2 is 1.19 bits per heavy atom. The minimum Gasteiger partial charge on any atom is -0.478 e. The minimum absolute atomic E-state index is 0.0309. The van der Waals surface area contributed by atoms with E-state index in [0.29, 0.717) is 11.3 Å². The van der Waals surface area contributed by atoms with Gasteiger partial charge < -0.3 is 19.9 Å². The van der Waals surface area contributed by atoms with Crippen molar-refractivity contribution in [2.24, 2.45) is 0 Å². The average Bonchev–Trinajstić information content (AvgIpc) is 3.05. The van der Waals surface area contributed by atoms with Crippen LogP contribution in [0.25, 0.3) is 0 Å². The molecule has 0 aliphatic rings. The summed E-state index contributed by atoms with van der Waals surface area (Å²) in [6, 6.07) is 23.7. The third kappa shape index (κ3) is 8.93. The van der Waals surface area contributed by atoms with Gasteiger partial charge in [-0.2, -0.15) is 0 Å². The van der Waals surface area contributed by atoms with E-state index in [1.54, 1.807) is 18.2 Å². The number of aliphatic carboxylic acids is 1. The molecular weight excluding hydrogens is 653 g/mol. The van der Waals surface area contributed by atoms with E-state index in [-0.39, 0.29) is 32.6 Å². The number of aryl methyl sites for hydroxylation is 1. The lowest BCUT2D eigenvalue weighted by molar-refractivity contribution is -0.159. The number of amides is 3. The van der Waals surface area contributed by atoms with Crippen molar-refractivity contribution in [1.82, 2.24) is 10.9 Å². The largest absolute Gasteiger partial charge is 0.478 e.